The van der Waals surface area contributed by atoms with Crippen molar-refractivity contribution >= 4 is 17.4 Å². The lowest BCUT2D eigenvalue weighted by atomic mass is 9.92. The third-order valence-electron chi connectivity index (χ3n) is 6.77. The molecule has 1 N–H and O–H groups in total. The number of ether oxygens (including phenoxy) is 1. The molecule has 1 heterocycles. The third-order valence-corrected chi connectivity index (χ3v) is 6.77. The summed E-state index contributed by atoms with van der Waals surface area (Å²) in [6, 6.07) is 12.7. The smallest absolute Gasteiger partial charge is 0.295 e. The van der Waals surface area contributed by atoms with Gasteiger partial charge in [0.2, 0.25) is 0 Å². The van der Waals surface area contributed by atoms with Gasteiger partial charge in [-0.25, -0.2) is 0 Å². The van der Waals surface area contributed by atoms with Crippen LogP contribution in [0, 0.1) is 6.92 Å². The Bertz CT molecular complexity index is 1080. The Kier molecular flexibility index (Phi) is 8.73. The van der Waals surface area contributed by atoms with Crippen LogP contribution in [0.3, 0.4) is 0 Å². The first-order chi connectivity index (χ1) is 16.7. The topological polar surface area (TPSA) is 70.1 Å². The van der Waals surface area contributed by atoms with Crippen LogP contribution in [0.2, 0.25) is 0 Å². The van der Waals surface area contributed by atoms with Crippen LogP contribution in [0.1, 0.15) is 68.8 Å². The van der Waals surface area contributed by atoms with Crippen LogP contribution in [0.4, 0.5) is 0 Å². The number of carbonyl (C=O) groups is 2. The maximum atomic E-state index is 13.3. The van der Waals surface area contributed by atoms with Crippen LogP contribution in [0.5, 0.6) is 5.75 Å². The van der Waals surface area contributed by atoms with E-state index < -0.39 is 17.7 Å². The molecule has 0 radical (unpaired) electrons. The second-order valence-electron chi connectivity index (χ2n) is 9.25. The first-order valence-corrected chi connectivity index (χ1v) is 12.6. The highest BCUT2D eigenvalue weighted by Gasteiger charge is 2.46. The number of aliphatic hydroxyl groups is 1. The van der Waals surface area contributed by atoms with E-state index in [4.69, 9.17) is 4.74 Å². The van der Waals surface area contributed by atoms with E-state index in [0.29, 0.717) is 36.9 Å². The molecule has 0 aromatic heterocycles. The Hall–Kier alpha value is -3.12. The number of benzene rings is 2. The Morgan fingerprint density at radius 2 is 1.71 bits per heavy atom. The minimum Gasteiger partial charge on any atom is -0.507 e. The number of rotatable bonds is 10. The molecule has 2 aromatic rings. The molecule has 1 unspecified atom stereocenters. The maximum Gasteiger partial charge on any atom is 0.295 e. The molecule has 1 amide bonds. The molecule has 1 aliphatic rings. The van der Waals surface area contributed by atoms with Crippen molar-refractivity contribution in [2.75, 3.05) is 32.8 Å². The summed E-state index contributed by atoms with van der Waals surface area (Å²) in [5, 5.41) is 11.4. The zero-order valence-corrected chi connectivity index (χ0v) is 21.8. The van der Waals surface area contributed by atoms with Crippen LogP contribution < -0.4 is 4.74 Å². The van der Waals surface area contributed by atoms with Crippen molar-refractivity contribution in [2.45, 2.75) is 53.5 Å². The summed E-state index contributed by atoms with van der Waals surface area (Å²) in [5.41, 5.74) is 3.43. The van der Waals surface area contributed by atoms with Crippen molar-refractivity contribution in [1.29, 1.82) is 0 Å². The first kappa shape index (κ1) is 26.5. The Morgan fingerprint density at radius 1 is 1.06 bits per heavy atom. The van der Waals surface area contributed by atoms with E-state index in [1.165, 1.54) is 5.56 Å². The molecule has 2 aromatic carbocycles. The first-order valence-electron chi connectivity index (χ1n) is 12.6. The molecule has 1 aliphatic heterocycles. The van der Waals surface area contributed by atoms with Crippen LogP contribution >= 0.6 is 0 Å². The highest BCUT2D eigenvalue weighted by molar-refractivity contribution is 6.46. The summed E-state index contributed by atoms with van der Waals surface area (Å²) in [5.74, 6) is -0.299. The van der Waals surface area contributed by atoms with E-state index in [2.05, 4.69) is 32.6 Å². The number of likely N-dealkylation sites (tertiary alicyclic amines) is 1. The van der Waals surface area contributed by atoms with Gasteiger partial charge < -0.3 is 19.6 Å². The zero-order chi connectivity index (χ0) is 25.7. The van der Waals surface area contributed by atoms with Gasteiger partial charge in [0.1, 0.15) is 11.5 Å². The van der Waals surface area contributed by atoms with Crippen molar-refractivity contribution in [3.63, 3.8) is 0 Å². The lowest BCUT2D eigenvalue weighted by Gasteiger charge is -2.28. The normalized spacial score (nSPS) is 17.6. The van der Waals surface area contributed by atoms with Gasteiger partial charge in [-0.15, -0.1) is 0 Å². The summed E-state index contributed by atoms with van der Waals surface area (Å²) in [6.07, 6.45) is 0. The SMILES string of the molecule is CCOc1ccc(C(O)=C2C(=O)C(=O)N(CCN(CC)CC)C2c2ccc(C(C)C)cc2)c(C)c1. The summed E-state index contributed by atoms with van der Waals surface area (Å²) >= 11 is 0. The summed E-state index contributed by atoms with van der Waals surface area (Å²) in [6.45, 7) is 15.5. The lowest BCUT2D eigenvalue weighted by molar-refractivity contribution is -0.140. The van der Waals surface area contributed by atoms with Crippen LogP contribution in [0.25, 0.3) is 5.76 Å². The molecule has 0 saturated carbocycles. The minimum atomic E-state index is -0.645. The number of carbonyl (C=O) groups excluding carboxylic acids is 2. The number of nitrogens with zero attached hydrogens (tertiary/aromatic N) is 2. The second-order valence-corrected chi connectivity index (χ2v) is 9.25. The number of likely N-dealkylation sites (N-methyl/N-ethyl adjacent to an activating group) is 1. The lowest BCUT2D eigenvalue weighted by Crippen LogP contribution is -2.38. The maximum absolute atomic E-state index is 13.3. The van der Waals surface area contributed by atoms with Gasteiger partial charge in [-0.3, -0.25) is 9.59 Å². The zero-order valence-electron chi connectivity index (χ0n) is 21.8. The molecule has 0 bridgehead atoms. The van der Waals surface area contributed by atoms with E-state index in [1.54, 1.807) is 17.0 Å². The van der Waals surface area contributed by atoms with Crippen LogP contribution in [0.15, 0.2) is 48.0 Å². The predicted molar refractivity (Wildman–Crippen MR) is 140 cm³/mol. The molecule has 188 valence electrons. The second kappa shape index (κ2) is 11.5. The fourth-order valence-corrected chi connectivity index (χ4v) is 4.61. The van der Waals surface area contributed by atoms with Crippen molar-refractivity contribution in [3.05, 3.63) is 70.3 Å². The van der Waals surface area contributed by atoms with Crippen LogP contribution in [-0.4, -0.2) is 59.4 Å². The number of hydrogen-bond acceptors (Lipinski definition) is 5. The molecular formula is C29H38N2O4. The van der Waals surface area contributed by atoms with E-state index in [1.807, 2.05) is 44.2 Å². The van der Waals surface area contributed by atoms with E-state index >= 15 is 0 Å². The molecule has 1 saturated heterocycles. The van der Waals surface area contributed by atoms with Crippen molar-refractivity contribution in [1.82, 2.24) is 9.80 Å². The van der Waals surface area contributed by atoms with Gasteiger partial charge in [-0.1, -0.05) is 52.0 Å². The fraction of sp³-hybridized carbons (Fsp3) is 0.448. The van der Waals surface area contributed by atoms with Crippen molar-refractivity contribution in [3.8, 4) is 5.75 Å². The molecule has 0 aliphatic carbocycles. The highest BCUT2D eigenvalue weighted by Crippen LogP contribution is 2.40. The molecule has 1 fully saturated rings. The largest absolute Gasteiger partial charge is 0.507 e. The number of aryl methyl sites for hydroxylation is 1. The number of amides is 1. The molecule has 6 nitrogen and oxygen atoms in total. The van der Waals surface area contributed by atoms with Gasteiger partial charge in [0, 0.05) is 18.7 Å². The van der Waals surface area contributed by atoms with E-state index in [-0.39, 0.29) is 11.3 Å². The Balaban J connectivity index is 2.11. The number of ketones is 1. The van der Waals surface area contributed by atoms with Gasteiger partial charge in [-0.05, 0) is 67.7 Å². The fourth-order valence-electron chi connectivity index (χ4n) is 4.61. The third kappa shape index (κ3) is 5.59. The summed E-state index contributed by atoms with van der Waals surface area (Å²) in [7, 11) is 0. The van der Waals surface area contributed by atoms with E-state index in [0.717, 1.165) is 24.2 Å². The molecule has 3 rings (SSSR count). The molecule has 0 spiro atoms. The van der Waals surface area contributed by atoms with Gasteiger partial charge in [0.25, 0.3) is 11.7 Å². The minimum absolute atomic E-state index is 0.138. The van der Waals surface area contributed by atoms with Crippen molar-refractivity contribution in [2.24, 2.45) is 0 Å². The van der Waals surface area contributed by atoms with Gasteiger partial charge >= 0.3 is 0 Å². The monoisotopic (exact) mass is 478 g/mol. The van der Waals surface area contributed by atoms with Gasteiger partial charge in [0.05, 0.1) is 18.2 Å². The molecule has 35 heavy (non-hydrogen) atoms. The average molecular weight is 479 g/mol. The quantitative estimate of drug-likeness (QED) is 0.286. The molecular weight excluding hydrogens is 440 g/mol. The molecule has 6 heteroatoms. The average Bonchev–Trinajstić information content (AvgIpc) is 3.09. The van der Waals surface area contributed by atoms with Gasteiger partial charge in [0.15, 0.2) is 0 Å². The summed E-state index contributed by atoms with van der Waals surface area (Å²) < 4.78 is 5.57. The Morgan fingerprint density at radius 3 is 2.26 bits per heavy atom. The number of Topliss-reactive ketones (excluding diaryl/α,β-unsaturated/α-hetero) is 1. The van der Waals surface area contributed by atoms with Gasteiger partial charge in [-0.2, -0.15) is 0 Å². The standard InChI is InChI=1S/C29H38N2O4/c1-7-30(8-2)16-17-31-26(22-12-10-21(11-13-22)19(4)5)25(28(33)29(31)34)27(32)24-15-14-23(35-9-3)18-20(24)6/h10-15,18-19,26,32H,7-9,16-17H2,1-6H3. The van der Waals surface area contributed by atoms with E-state index in [9.17, 15) is 14.7 Å². The van der Waals surface area contributed by atoms with Crippen molar-refractivity contribution < 1.29 is 19.4 Å². The molecule has 1 atom stereocenters. The predicted octanol–water partition coefficient (Wildman–Crippen LogP) is 5.28. The number of hydrogen-bond donors (Lipinski definition) is 1. The highest BCUT2D eigenvalue weighted by atomic mass is 16.5. The summed E-state index contributed by atoms with van der Waals surface area (Å²) in [4.78, 5) is 30.4. The Labute approximate surface area is 209 Å². The van der Waals surface area contributed by atoms with Crippen LogP contribution in [-0.2, 0) is 9.59 Å². The number of aliphatic hydroxyl groups excluding tert-OH is 1.